The molecule has 0 bridgehead atoms. The minimum absolute atomic E-state index is 0.120. The van der Waals surface area contributed by atoms with Gasteiger partial charge in [-0.15, -0.1) is 0 Å². The second-order valence-electron chi connectivity index (χ2n) is 8.45. The molecule has 2 saturated heterocycles. The lowest BCUT2D eigenvalue weighted by Crippen LogP contribution is -2.35. The molecular weight excluding hydrogens is 455 g/mol. The maximum Gasteiger partial charge on any atom is 0.341 e. The quantitative estimate of drug-likeness (QED) is 0.487. The van der Waals surface area contributed by atoms with Crippen LogP contribution in [0.4, 0.5) is 24.7 Å². The fraction of sp³-hybridized carbons (Fsp3) is 0.318. The Hall–Kier alpha value is -3.64. The largest absolute Gasteiger partial charge is 0.477 e. The lowest BCUT2D eigenvalue weighted by molar-refractivity contribution is 0.0695. The molecule has 9 nitrogen and oxygen atoms in total. The fourth-order valence-electron chi connectivity index (χ4n) is 4.80. The van der Waals surface area contributed by atoms with Crippen LogP contribution in [0.3, 0.4) is 0 Å². The topological polar surface area (TPSA) is 137 Å². The number of rotatable bonds is 3. The highest BCUT2D eigenvalue weighted by Gasteiger charge is 2.45. The maximum absolute atomic E-state index is 15.6. The van der Waals surface area contributed by atoms with Crippen LogP contribution >= 0.6 is 0 Å². The van der Waals surface area contributed by atoms with Gasteiger partial charge in [0.15, 0.2) is 17.3 Å². The summed E-state index contributed by atoms with van der Waals surface area (Å²) in [4.78, 5) is 30.7. The molecule has 2 aliphatic heterocycles. The Morgan fingerprint density at radius 1 is 1.26 bits per heavy atom. The van der Waals surface area contributed by atoms with Crippen LogP contribution in [0.25, 0.3) is 16.7 Å². The third-order valence-corrected chi connectivity index (χ3v) is 6.46. The highest BCUT2D eigenvalue weighted by Crippen LogP contribution is 2.36. The Morgan fingerprint density at radius 2 is 2.00 bits per heavy atom. The van der Waals surface area contributed by atoms with Crippen molar-refractivity contribution in [2.24, 2.45) is 5.73 Å². The SMILES string of the molecule is Cc1c(F)c(N2CC(N)C3OCCC32)nc2c1c(=O)c(C(=O)O)cn2-c1cc(N)c(F)cc1F. The number of hydrogen-bond acceptors (Lipinski definition) is 7. The number of fused-ring (bicyclic) bond motifs is 2. The number of nitrogens with two attached hydrogens (primary N) is 2. The third kappa shape index (κ3) is 3.13. The van der Waals surface area contributed by atoms with E-state index in [0.717, 1.165) is 16.8 Å². The van der Waals surface area contributed by atoms with Gasteiger partial charge < -0.3 is 26.2 Å². The number of nitrogen functional groups attached to an aromatic ring is 1. The summed E-state index contributed by atoms with van der Waals surface area (Å²) in [6, 6.07) is 0.847. The number of pyridine rings is 2. The zero-order valence-corrected chi connectivity index (χ0v) is 17.9. The molecule has 1 aromatic carbocycles. The summed E-state index contributed by atoms with van der Waals surface area (Å²) in [5, 5.41) is 9.20. The van der Waals surface area contributed by atoms with E-state index in [4.69, 9.17) is 16.2 Å². The number of nitrogens with zero attached hydrogens (tertiary/aromatic N) is 3. The lowest BCUT2D eigenvalue weighted by Gasteiger charge is -2.26. The smallest absolute Gasteiger partial charge is 0.341 e. The number of aromatic nitrogens is 2. The third-order valence-electron chi connectivity index (χ3n) is 6.46. The minimum Gasteiger partial charge on any atom is -0.477 e. The van der Waals surface area contributed by atoms with Crippen molar-refractivity contribution in [3.63, 3.8) is 0 Å². The molecule has 178 valence electrons. The van der Waals surface area contributed by atoms with Crippen LogP contribution < -0.4 is 21.8 Å². The number of carboxylic acid groups (broad SMARTS) is 1. The molecule has 5 N–H and O–H groups in total. The van der Waals surface area contributed by atoms with Gasteiger partial charge in [-0.1, -0.05) is 0 Å². The number of anilines is 2. The molecule has 3 atom stereocenters. The molecule has 3 aromatic rings. The van der Waals surface area contributed by atoms with E-state index in [9.17, 15) is 23.5 Å². The van der Waals surface area contributed by atoms with E-state index in [0.29, 0.717) is 19.1 Å². The van der Waals surface area contributed by atoms with E-state index in [2.05, 4.69) is 4.98 Å². The van der Waals surface area contributed by atoms with Crippen LogP contribution in [0.2, 0.25) is 0 Å². The molecular formula is C22H20F3N5O4. The van der Waals surface area contributed by atoms with Gasteiger partial charge in [0.25, 0.3) is 0 Å². The summed E-state index contributed by atoms with van der Waals surface area (Å²) in [6.07, 6.45) is 1.14. The first-order valence-electron chi connectivity index (χ1n) is 10.5. The van der Waals surface area contributed by atoms with Crippen molar-refractivity contribution >= 4 is 28.5 Å². The zero-order valence-electron chi connectivity index (χ0n) is 17.9. The summed E-state index contributed by atoms with van der Waals surface area (Å²) in [7, 11) is 0. The Kier molecular flexibility index (Phi) is 5.02. The molecule has 0 spiro atoms. The number of halogens is 3. The van der Waals surface area contributed by atoms with Gasteiger partial charge >= 0.3 is 5.97 Å². The van der Waals surface area contributed by atoms with E-state index in [-0.39, 0.29) is 46.8 Å². The Balaban J connectivity index is 1.85. The van der Waals surface area contributed by atoms with Crippen LogP contribution in [0.5, 0.6) is 0 Å². The van der Waals surface area contributed by atoms with E-state index in [1.54, 1.807) is 4.90 Å². The number of benzene rings is 1. The molecule has 5 rings (SSSR count). The lowest BCUT2D eigenvalue weighted by atomic mass is 10.1. The summed E-state index contributed by atoms with van der Waals surface area (Å²) in [6.45, 7) is 1.99. The van der Waals surface area contributed by atoms with Crippen molar-refractivity contribution in [3.8, 4) is 5.69 Å². The summed E-state index contributed by atoms with van der Waals surface area (Å²) >= 11 is 0. The molecule has 0 amide bonds. The average molecular weight is 475 g/mol. The first-order valence-corrected chi connectivity index (χ1v) is 10.5. The molecule has 0 aliphatic carbocycles. The van der Waals surface area contributed by atoms with Crippen LogP contribution in [0.15, 0.2) is 23.1 Å². The molecule has 0 radical (unpaired) electrons. The molecule has 0 saturated carbocycles. The van der Waals surface area contributed by atoms with Gasteiger partial charge in [0.2, 0.25) is 5.43 Å². The number of ether oxygens (including phenoxy) is 1. The highest BCUT2D eigenvalue weighted by atomic mass is 19.1. The second-order valence-corrected chi connectivity index (χ2v) is 8.45. The Labute approximate surface area is 190 Å². The number of hydrogen-bond donors (Lipinski definition) is 3. The molecule has 4 heterocycles. The van der Waals surface area contributed by atoms with Crippen LogP contribution in [0, 0.1) is 24.4 Å². The number of carboxylic acids is 1. The molecule has 34 heavy (non-hydrogen) atoms. The standard InChI is InChI=1S/C22H20F3N5O4/c1-8-16-18(31)9(22(32)33)6-29(15-5-12(26)10(23)4-11(15)24)20(16)28-21(17(8)25)30-7-13(27)19-14(30)2-3-34-19/h4-6,13-14,19H,2-3,7,26-27H2,1H3,(H,32,33). The number of aromatic carboxylic acids is 1. The summed E-state index contributed by atoms with van der Waals surface area (Å²) < 4.78 is 50.8. The number of aryl methyl sites for hydroxylation is 1. The van der Waals surface area contributed by atoms with Crippen molar-refractivity contribution in [3.05, 3.63) is 57.1 Å². The molecule has 2 aromatic heterocycles. The monoisotopic (exact) mass is 475 g/mol. The van der Waals surface area contributed by atoms with Crippen molar-refractivity contribution in [2.75, 3.05) is 23.8 Å². The zero-order chi connectivity index (χ0) is 24.5. The van der Waals surface area contributed by atoms with E-state index in [1.165, 1.54) is 6.92 Å². The van der Waals surface area contributed by atoms with Crippen molar-refractivity contribution in [2.45, 2.75) is 31.5 Å². The average Bonchev–Trinajstić information content (AvgIpc) is 3.37. The van der Waals surface area contributed by atoms with Gasteiger partial charge in [-0.2, -0.15) is 0 Å². The van der Waals surface area contributed by atoms with Gasteiger partial charge in [0, 0.05) is 31.0 Å². The maximum atomic E-state index is 15.6. The highest BCUT2D eigenvalue weighted by molar-refractivity contribution is 5.94. The molecule has 3 unspecified atom stereocenters. The predicted molar refractivity (Wildman–Crippen MR) is 117 cm³/mol. The van der Waals surface area contributed by atoms with Crippen LogP contribution in [-0.2, 0) is 4.74 Å². The van der Waals surface area contributed by atoms with Gasteiger partial charge in [-0.25, -0.2) is 22.9 Å². The van der Waals surface area contributed by atoms with Crippen molar-refractivity contribution in [1.82, 2.24) is 9.55 Å². The van der Waals surface area contributed by atoms with Crippen molar-refractivity contribution in [1.29, 1.82) is 0 Å². The van der Waals surface area contributed by atoms with E-state index >= 15 is 4.39 Å². The van der Waals surface area contributed by atoms with Gasteiger partial charge in [-0.05, 0) is 19.4 Å². The predicted octanol–water partition coefficient (Wildman–Crippen LogP) is 1.70. The van der Waals surface area contributed by atoms with Gasteiger partial charge in [0.05, 0.1) is 34.9 Å². The van der Waals surface area contributed by atoms with Gasteiger partial charge in [0.1, 0.15) is 17.2 Å². The van der Waals surface area contributed by atoms with Crippen LogP contribution in [0.1, 0.15) is 22.3 Å². The Bertz CT molecular complexity index is 1430. The fourth-order valence-corrected chi connectivity index (χ4v) is 4.80. The molecule has 2 aliphatic rings. The Morgan fingerprint density at radius 3 is 2.71 bits per heavy atom. The first-order chi connectivity index (χ1) is 16.1. The van der Waals surface area contributed by atoms with Crippen molar-refractivity contribution < 1.29 is 27.8 Å². The summed E-state index contributed by atoms with van der Waals surface area (Å²) in [5.41, 5.74) is 8.93. The molecule has 2 fully saturated rings. The number of carbonyl (C=O) groups is 1. The minimum atomic E-state index is -1.60. The molecule has 12 heteroatoms. The summed E-state index contributed by atoms with van der Waals surface area (Å²) in [5.74, 6) is -4.63. The first kappa shape index (κ1) is 22.2. The van der Waals surface area contributed by atoms with E-state index < -0.39 is 46.1 Å². The van der Waals surface area contributed by atoms with Gasteiger partial charge in [-0.3, -0.25) is 9.36 Å². The second kappa shape index (κ2) is 7.71. The van der Waals surface area contributed by atoms with Crippen LogP contribution in [-0.4, -0.2) is 52.0 Å². The normalized spacial score (nSPS) is 21.9. The van der Waals surface area contributed by atoms with E-state index in [1.807, 2.05) is 0 Å².